The molecule has 0 aliphatic carbocycles. The average molecular weight is 420 g/mol. The van der Waals surface area contributed by atoms with Crippen molar-refractivity contribution >= 4 is 5.91 Å². The minimum Gasteiger partial charge on any atom is -0.493 e. The number of rotatable bonds is 6. The van der Waals surface area contributed by atoms with Crippen molar-refractivity contribution in [3.05, 3.63) is 77.2 Å². The van der Waals surface area contributed by atoms with Gasteiger partial charge in [-0.25, -0.2) is 4.39 Å². The SMILES string of the molecule is N#Cc1ccc(C(=O)N2CCCCC2c2nc(CCOc3ccc(F)cc3)no2)cc1. The van der Waals surface area contributed by atoms with Crippen molar-refractivity contribution < 1.29 is 18.4 Å². The first-order valence-corrected chi connectivity index (χ1v) is 10.2. The lowest BCUT2D eigenvalue weighted by Crippen LogP contribution is -2.38. The van der Waals surface area contributed by atoms with Gasteiger partial charge in [0, 0.05) is 18.5 Å². The smallest absolute Gasteiger partial charge is 0.254 e. The summed E-state index contributed by atoms with van der Waals surface area (Å²) in [5.74, 6) is 1.04. The average Bonchev–Trinajstić information content (AvgIpc) is 3.29. The van der Waals surface area contributed by atoms with E-state index >= 15 is 0 Å². The minimum absolute atomic E-state index is 0.117. The zero-order valence-corrected chi connectivity index (χ0v) is 16.8. The van der Waals surface area contributed by atoms with Crippen molar-refractivity contribution in [1.29, 1.82) is 5.26 Å². The number of nitrogens with zero attached hydrogens (tertiary/aromatic N) is 4. The lowest BCUT2D eigenvalue weighted by Gasteiger charge is -2.33. The van der Waals surface area contributed by atoms with Gasteiger partial charge in [0.25, 0.3) is 5.91 Å². The highest BCUT2D eigenvalue weighted by atomic mass is 19.1. The molecule has 1 saturated heterocycles. The van der Waals surface area contributed by atoms with Gasteiger partial charge in [-0.15, -0.1) is 0 Å². The fourth-order valence-electron chi connectivity index (χ4n) is 3.58. The number of nitriles is 1. The van der Waals surface area contributed by atoms with Crippen LogP contribution in [0, 0.1) is 17.1 Å². The Bertz CT molecular complexity index is 1070. The molecule has 1 amide bonds. The third kappa shape index (κ3) is 4.89. The maximum absolute atomic E-state index is 13.0. The molecule has 1 aromatic heterocycles. The maximum atomic E-state index is 13.0. The van der Waals surface area contributed by atoms with Crippen molar-refractivity contribution in [2.45, 2.75) is 31.7 Å². The first-order chi connectivity index (χ1) is 15.1. The van der Waals surface area contributed by atoms with Gasteiger partial charge in [-0.1, -0.05) is 5.16 Å². The van der Waals surface area contributed by atoms with E-state index < -0.39 is 0 Å². The number of amides is 1. The van der Waals surface area contributed by atoms with Crippen molar-refractivity contribution in [1.82, 2.24) is 15.0 Å². The molecule has 8 heteroatoms. The molecule has 3 aromatic rings. The molecular weight excluding hydrogens is 399 g/mol. The normalized spacial score (nSPS) is 16.0. The van der Waals surface area contributed by atoms with Gasteiger partial charge in [0.2, 0.25) is 5.89 Å². The van der Waals surface area contributed by atoms with Gasteiger partial charge in [0.15, 0.2) is 5.82 Å². The highest BCUT2D eigenvalue weighted by Gasteiger charge is 2.32. The van der Waals surface area contributed by atoms with E-state index in [1.54, 1.807) is 41.3 Å². The molecule has 4 rings (SSSR count). The number of hydrogen-bond donors (Lipinski definition) is 0. The summed E-state index contributed by atoms with van der Waals surface area (Å²) in [4.78, 5) is 19.3. The molecule has 1 aliphatic heterocycles. The minimum atomic E-state index is -0.317. The number of hydrogen-bond acceptors (Lipinski definition) is 6. The van der Waals surface area contributed by atoms with E-state index in [1.807, 2.05) is 0 Å². The van der Waals surface area contributed by atoms with Gasteiger partial charge >= 0.3 is 0 Å². The Morgan fingerprint density at radius 2 is 1.97 bits per heavy atom. The zero-order chi connectivity index (χ0) is 21.6. The van der Waals surface area contributed by atoms with Gasteiger partial charge in [-0.05, 0) is 67.8 Å². The van der Waals surface area contributed by atoms with Gasteiger partial charge in [-0.3, -0.25) is 4.79 Å². The van der Waals surface area contributed by atoms with E-state index in [0.29, 0.717) is 48.2 Å². The second-order valence-electron chi connectivity index (χ2n) is 7.30. The molecule has 1 unspecified atom stereocenters. The standard InChI is InChI=1S/C23H21FN4O3/c24-18-8-10-19(11-9-18)30-14-12-21-26-22(31-27-21)20-3-1-2-13-28(20)23(29)17-6-4-16(15-25)5-7-17/h4-11,20H,1-3,12-14H2. The summed E-state index contributed by atoms with van der Waals surface area (Å²) in [6, 6.07) is 14.2. The van der Waals surface area contributed by atoms with Crippen molar-refractivity contribution in [3.63, 3.8) is 0 Å². The van der Waals surface area contributed by atoms with Crippen molar-refractivity contribution in [3.8, 4) is 11.8 Å². The fraction of sp³-hybridized carbons (Fsp3) is 0.304. The summed E-state index contributed by atoms with van der Waals surface area (Å²) in [6.07, 6.45) is 3.05. The second-order valence-corrected chi connectivity index (χ2v) is 7.30. The predicted molar refractivity (Wildman–Crippen MR) is 109 cm³/mol. The van der Waals surface area contributed by atoms with Gasteiger partial charge in [-0.2, -0.15) is 10.2 Å². The molecule has 7 nitrogen and oxygen atoms in total. The number of likely N-dealkylation sites (tertiary alicyclic amines) is 1. The van der Waals surface area contributed by atoms with Crippen LogP contribution in [0.25, 0.3) is 0 Å². The highest BCUT2D eigenvalue weighted by Crippen LogP contribution is 2.31. The molecular formula is C23H21FN4O3. The summed E-state index contributed by atoms with van der Waals surface area (Å²) < 4.78 is 24.0. The predicted octanol–water partition coefficient (Wildman–Crippen LogP) is 4.07. The van der Waals surface area contributed by atoms with E-state index in [0.717, 1.165) is 19.3 Å². The first-order valence-electron chi connectivity index (χ1n) is 10.2. The number of carbonyl (C=O) groups excluding carboxylic acids is 1. The Balaban J connectivity index is 1.41. The number of ether oxygens (including phenoxy) is 1. The monoisotopic (exact) mass is 420 g/mol. The largest absolute Gasteiger partial charge is 0.493 e. The lowest BCUT2D eigenvalue weighted by atomic mass is 10.0. The summed E-state index contributed by atoms with van der Waals surface area (Å²) in [5, 5.41) is 13.0. The molecule has 1 aliphatic rings. The summed E-state index contributed by atoms with van der Waals surface area (Å²) in [5.41, 5.74) is 1.04. The fourth-order valence-corrected chi connectivity index (χ4v) is 3.58. The van der Waals surface area contributed by atoms with E-state index in [2.05, 4.69) is 16.2 Å². The van der Waals surface area contributed by atoms with E-state index in [1.165, 1.54) is 12.1 Å². The van der Waals surface area contributed by atoms with Crippen LogP contribution in [0.4, 0.5) is 4.39 Å². The van der Waals surface area contributed by atoms with Gasteiger partial charge in [0.1, 0.15) is 17.6 Å². The molecule has 1 fully saturated rings. The molecule has 0 radical (unpaired) electrons. The van der Waals surface area contributed by atoms with Crippen LogP contribution in [0.15, 0.2) is 53.1 Å². The Kier molecular flexibility index (Phi) is 6.22. The Morgan fingerprint density at radius 3 is 2.71 bits per heavy atom. The van der Waals surface area contributed by atoms with Crippen molar-refractivity contribution in [2.24, 2.45) is 0 Å². The van der Waals surface area contributed by atoms with E-state index in [4.69, 9.17) is 14.5 Å². The number of halogens is 1. The first kappa shape index (κ1) is 20.5. The molecule has 0 bridgehead atoms. The number of benzene rings is 2. The summed E-state index contributed by atoms with van der Waals surface area (Å²) >= 11 is 0. The van der Waals surface area contributed by atoms with E-state index in [-0.39, 0.29) is 17.8 Å². The van der Waals surface area contributed by atoms with Crippen LogP contribution in [-0.2, 0) is 6.42 Å². The number of aromatic nitrogens is 2. The second kappa shape index (κ2) is 9.39. The topological polar surface area (TPSA) is 92.2 Å². The third-order valence-electron chi connectivity index (χ3n) is 5.20. The molecule has 31 heavy (non-hydrogen) atoms. The molecule has 0 spiro atoms. The molecule has 0 N–H and O–H groups in total. The Hall–Kier alpha value is -3.73. The van der Waals surface area contributed by atoms with Gasteiger partial charge in [0.05, 0.1) is 18.2 Å². The van der Waals surface area contributed by atoms with Crippen molar-refractivity contribution in [2.75, 3.05) is 13.2 Å². The third-order valence-corrected chi connectivity index (χ3v) is 5.20. The summed E-state index contributed by atoms with van der Waals surface area (Å²) in [6.45, 7) is 0.929. The van der Waals surface area contributed by atoms with Crippen LogP contribution in [0.5, 0.6) is 5.75 Å². The van der Waals surface area contributed by atoms with Crippen LogP contribution in [-0.4, -0.2) is 34.1 Å². The molecule has 158 valence electrons. The summed E-state index contributed by atoms with van der Waals surface area (Å²) in [7, 11) is 0. The molecule has 2 aromatic carbocycles. The maximum Gasteiger partial charge on any atom is 0.254 e. The number of carbonyl (C=O) groups is 1. The van der Waals surface area contributed by atoms with Crippen LogP contribution < -0.4 is 4.74 Å². The molecule has 0 saturated carbocycles. The molecule has 2 heterocycles. The Morgan fingerprint density at radius 1 is 1.19 bits per heavy atom. The quantitative estimate of drug-likeness (QED) is 0.597. The zero-order valence-electron chi connectivity index (χ0n) is 16.8. The van der Waals surface area contributed by atoms with Crippen LogP contribution in [0.3, 0.4) is 0 Å². The lowest BCUT2D eigenvalue weighted by molar-refractivity contribution is 0.0561. The van der Waals surface area contributed by atoms with Crippen LogP contribution in [0.1, 0.15) is 52.9 Å². The Labute approximate surface area is 179 Å². The van der Waals surface area contributed by atoms with Crippen LogP contribution >= 0.6 is 0 Å². The highest BCUT2D eigenvalue weighted by molar-refractivity contribution is 5.94. The number of piperidine rings is 1. The molecule has 1 atom stereocenters. The van der Waals surface area contributed by atoms with Gasteiger partial charge < -0.3 is 14.2 Å². The van der Waals surface area contributed by atoms with E-state index in [9.17, 15) is 9.18 Å². The van der Waals surface area contributed by atoms with Crippen LogP contribution in [0.2, 0.25) is 0 Å².